The molecule has 146 valence electrons. The molecule has 1 N–H and O–H groups in total. The molecule has 1 aliphatic heterocycles. The standard InChI is InChI=1S/C19H24N2O4S2/c1-14-12-21(13-15(2)25-14)27(23,24)18-7-3-5-16(11-18)19(22)20-9-8-17-6-4-10-26-17/h3-7,10-11,14-15H,8-9,12-13H2,1-2H3,(H,20,22). The molecular weight excluding hydrogens is 384 g/mol. The van der Waals surface area contributed by atoms with E-state index in [1.54, 1.807) is 23.5 Å². The molecule has 0 saturated carbocycles. The van der Waals surface area contributed by atoms with Gasteiger partial charge in [-0.05, 0) is 49.9 Å². The first-order chi connectivity index (χ1) is 12.9. The second kappa shape index (κ2) is 8.52. The van der Waals surface area contributed by atoms with Crippen LogP contribution in [-0.4, -0.2) is 50.5 Å². The Bertz CT molecular complexity index is 871. The first kappa shape index (κ1) is 20.0. The smallest absolute Gasteiger partial charge is 0.251 e. The minimum Gasteiger partial charge on any atom is -0.373 e. The molecule has 0 bridgehead atoms. The number of carbonyl (C=O) groups is 1. The maximum Gasteiger partial charge on any atom is 0.251 e. The van der Waals surface area contributed by atoms with Crippen molar-refractivity contribution in [2.75, 3.05) is 19.6 Å². The Balaban J connectivity index is 1.69. The van der Waals surface area contributed by atoms with Crippen molar-refractivity contribution in [1.29, 1.82) is 0 Å². The molecule has 1 fully saturated rings. The molecule has 0 radical (unpaired) electrons. The lowest BCUT2D eigenvalue weighted by atomic mass is 10.2. The van der Waals surface area contributed by atoms with E-state index in [0.29, 0.717) is 25.2 Å². The molecule has 27 heavy (non-hydrogen) atoms. The monoisotopic (exact) mass is 408 g/mol. The van der Waals surface area contributed by atoms with Crippen LogP contribution in [0, 0.1) is 0 Å². The van der Waals surface area contributed by atoms with Gasteiger partial charge in [0.05, 0.1) is 17.1 Å². The molecule has 1 aromatic carbocycles. The molecule has 2 atom stereocenters. The first-order valence-electron chi connectivity index (χ1n) is 8.92. The number of rotatable bonds is 6. The number of sulfonamides is 1. The minimum absolute atomic E-state index is 0.134. The zero-order chi connectivity index (χ0) is 19.4. The molecule has 1 amide bonds. The second-order valence-corrected chi connectivity index (χ2v) is 9.66. The third kappa shape index (κ3) is 4.95. The third-order valence-corrected chi connectivity index (χ3v) is 7.12. The quantitative estimate of drug-likeness (QED) is 0.797. The van der Waals surface area contributed by atoms with Crippen LogP contribution in [0.3, 0.4) is 0 Å². The predicted molar refractivity (Wildman–Crippen MR) is 106 cm³/mol. The van der Waals surface area contributed by atoms with E-state index in [9.17, 15) is 13.2 Å². The van der Waals surface area contributed by atoms with Crippen molar-refractivity contribution in [2.45, 2.75) is 37.4 Å². The Morgan fingerprint density at radius 2 is 1.96 bits per heavy atom. The van der Waals surface area contributed by atoms with Crippen molar-refractivity contribution in [2.24, 2.45) is 0 Å². The number of benzene rings is 1. The van der Waals surface area contributed by atoms with Gasteiger partial charge in [0.2, 0.25) is 10.0 Å². The number of amides is 1. The Morgan fingerprint density at radius 1 is 1.22 bits per heavy atom. The molecule has 2 aromatic rings. The fourth-order valence-corrected chi connectivity index (χ4v) is 5.48. The lowest BCUT2D eigenvalue weighted by Gasteiger charge is -2.34. The van der Waals surface area contributed by atoms with Crippen LogP contribution in [0.15, 0.2) is 46.7 Å². The van der Waals surface area contributed by atoms with Gasteiger partial charge >= 0.3 is 0 Å². The van der Waals surface area contributed by atoms with Crippen molar-refractivity contribution in [3.8, 4) is 0 Å². The van der Waals surface area contributed by atoms with E-state index in [-0.39, 0.29) is 23.0 Å². The summed E-state index contributed by atoms with van der Waals surface area (Å²) in [6, 6.07) is 10.2. The van der Waals surface area contributed by atoms with Gasteiger partial charge in [0.1, 0.15) is 0 Å². The van der Waals surface area contributed by atoms with Gasteiger partial charge in [0.15, 0.2) is 0 Å². The van der Waals surface area contributed by atoms with E-state index in [2.05, 4.69) is 5.32 Å². The van der Waals surface area contributed by atoms with Crippen LogP contribution >= 0.6 is 11.3 Å². The second-order valence-electron chi connectivity index (χ2n) is 6.69. The van der Waals surface area contributed by atoms with Crippen molar-refractivity contribution >= 4 is 27.3 Å². The van der Waals surface area contributed by atoms with Gasteiger partial charge in [0.25, 0.3) is 5.91 Å². The van der Waals surface area contributed by atoms with Crippen LogP contribution < -0.4 is 5.32 Å². The molecule has 0 spiro atoms. The molecule has 1 aromatic heterocycles. The van der Waals surface area contributed by atoms with E-state index in [4.69, 9.17) is 4.74 Å². The van der Waals surface area contributed by atoms with Gasteiger partial charge < -0.3 is 10.1 Å². The highest BCUT2D eigenvalue weighted by Crippen LogP contribution is 2.22. The van der Waals surface area contributed by atoms with Gasteiger partial charge in [0, 0.05) is 30.1 Å². The number of ether oxygens (including phenoxy) is 1. The summed E-state index contributed by atoms with van der Waals surface area (Å²) in [6.07, 6.45) is 0.435. The summed E-state index contributed by atoms with van der Waals surface area (Å²) in [4.78, 5) is 13.7. The maximum absolute atomic E-state index is 13.0. The number of hydrogen-bond donors (Lipinski definition) is 1. The van der Waals surface area contributed by atoms with Crippen LogP contribution in [0.1, 0.15) is 29.1 Å². The molecular formula is C19H24N2O4S2. The average Bonchev–Trinajstić information content (AvgIpc) is 3.14. The number of nitrogens with zero attached hydrogens (tertiary/aromatic N) is 1. The van der Waals surface area contributed by atoms with Crippen LogP contribution in [0.4, 0.5) is 0 Å². The van der Waals surface area contributed by atoms with E-state index in [1.165, 1.54) is 21.3 Å². The van der Waals surface area contributed by atoms with E-state index in [0.717, 1.165) is 6.42 Å². The Morgan fingerprint density at radius 3 is 2.63 bits per heavy atom. The van der Waals surface area contributed by atoms with Gasteiger partial charge in [-0.3, -0.25) is 4.79 Å². The summed E-state index contributed by atoms with van der Waals surface area (Å²) in [7, 11) is -3.66. The van der Waals surface area contributed by atoms with E-state index >= 15 is 0 Å². The van der Waals surface area contributed by atoms with E-state index in [1.807, 2.05) is 31.4 Å². The largest absolute Gasteiger partial charge is 0.373 e. The Kier molecular flexibility index (Phi) is 6.31. The topological polar surface area (TPSA) is 75.7 Å². The van der Waals surface area contributed by atoms with Crippen LogP contribution in [0.2, 0.25) is 0 Å². The fourth-order valence-electron chi connectivity index (χ4n) is 3.13. The number of morpholine rings is 1. The highest BCUT2D eigenvalue weighted by atomic mass is 32.2. The summed E-state index contributed by atoms with van der Waals surface area (Å²) < 4.78 is 33.0. The molecule has 2 heterocycles. The molecule has 1 aliphatic rings. The Hall–Kier alpha value is -1.74. The molecule has 8 heteroatoms. The zero-order valence-corrected chi connectivity index (χ0v) is 17.1. The van der Waals surface area contributed by atoms with E-state index < -0.39 is 10.0 Å². The summed E-state index contributed by atoms with van der Waals surface area (Å²) in [5, 5.41) is 4.85. The average molecular weight is 409 g/mol. The van der Waals surface area contributed by atoms with Crippen LogP contribution in [-0.2, 0) is 21.2 Å². The molecule has 1 saturated heterocycles. The number of carbonyl (C=O) groups excluding carboxylic acids is 1. The summed E-state index contributed by atoms with van der Waals surface area (Å²) in [6.45, 7) is 4.84. The molecule has 0 aliphatic carbocycles. The minimum atomic E-state index is -3.66. The summed E-state index contributed by atoms with van der Waals surface area (Å²) in [5.41, 5.74) is 0.344. The zero-order valence-electron chi connectivity index (χ0n) is 15.4. The highest BCUT2D eigenvalue weighted by Gasteiger charge is 2.32. The summed E-state index contributed by atoms with van der Waals surface area (Å²) in [5.74, 6) is -0.271. The van der Waals surface area contributed by atoms with Gasteiger partial charge in [-0.15, -0.1) is 11.3 Å². The van der Waals surface area contributed by atoms with Gasteiger partial charge in [-0.25, -0.2) is 8.42 Å². The van der Waals surface area contributed by atoms with Crippen molar-refractivity contribution in [3.63, 3.8) is 0 Å². The van der Waals surface area contributed by atoms with Crippen LogP contribution in [0.25, 0.3) is 0 Å². The molecule has 2 unspecified atom stereocenters. The lowest BCUT2D eigenvalue weighted by molar-refractivity contribution is -0.0440. The number of nitrogens with one attached hydrogen (secondary N) is 1. The van der Waals surface area contributed by atoms with Gasteiger partial charge in [-0.2, -0.15) is 4.31 Å². The molecule has 3 rings (SSSR count). The number of hydrogen-bond acceptors (Lipinski definition) is 5. The predicted octanol–water partition coefficient (Wildman–Crippen LogP) is 2.52. The van der Waals surface area contributed by atoms with Crippen molar-refractivity contribution < 1.29 is 17.9 Å². The first-order valence-corrected chi connectivity index (χ1v) is 11.2. The molecule has 6 nitrogen and oxygen atoms in total. The fraction of sp³-hybridized carbons (Fsp3) is 0.421. The summed E-state index contributed by atoms with van der Waals surface area (Å²) >= 11 is 1.65. The highest BCUT2D eigenvalue weighted by molar-refractivity contribution is 7.89. The maximum atomic E-state index is 13.0. The third-order valence-electron chi connectivity index (χ3n) is 4.36. The normalized spacial score (nSPS) is 21.1. The number of thiophene rings is 1. The van der Waals surface area contributed by atoms with Crippen LogP contribution in [0.5, 0.6) is 0 Å². The van der Waals surface area contributed by atoms with Gasteiger partial charge in [-0.1, -0.05) is 12.1 Å². The Labute approximate surface area is 164 Å². The lowest BCUT2D eigenvalue weighted by Crippen LogP contribution is -2.48. The van der Waals surface area contributed by atoms with Crippen molar-refractivity contribution in [1.82, 2.24) is 9.62 Å². The van der Waals surface area contributed by atoms with Crippen molar-refractivity contribution in [3.05, 3.63) is 52.2 Å². The SMILES string of the molecule is CC1CN(S(=O)(=O)c2cccc(C(=O)NCCc3cccs3)c2)CC(C)O1.